The summed E-state index contributed by atoms with van der Waals surface area (Å²) in [5.41, 5.74) is -0.584. The standard InChI is InChI=1S/C11H8F3NO3S/c1-2-17-10(16)7-4-9(19)6(5-15)3-8(7)18-11(12,13)14/h3-4,19H,2H2,1H3. The zero-order valence-corrected chi connectivity index (χ0v) is 10.5. The van der Waals surface area contributed by atoms with Crippen molar-refractivity contribution in [2.45, 2.75) is 18.2 Å². The Morgan fingerprint density at radius 2 is 2.11 bits per heavy atom. The minimum atomic E-state index is -4.98. The number of thiol groups is 1. The lowest BCUT2D eigenvalue weighted by Crippen LogP contribution is -2.20. The van der Waals surface area contributed by atoms with Crippen LogP contribution < -0.4 is 4.74 Å². The van der Waals surface area contributed by atoms with E-state index >= 15 is 0 Å². The van der Waals surface area contributed by atoms with E-state index in [-0.39, 0.29) is 17.1 Å². The molecule has 0 saturated carbocycles. The number of carbonyl (C=O) groups excluding carboxylic acids is 1. The SMILES string of the molecule is CCOC(=O)c1cc(S)c(C#N)cc1OC(F)(F)F. The number of rotatable bonds is 3. The zero-order valence-electron chi connectivity index (χ0n) is 9.61. The second-order valence-electron chi connectivity index (χ2n) is 3.25. The van der Waals surface area contributed by atoms with Crippen molar-refractivity contribution in [1.82, 2.24) is 0 Å². The smallest absolute Gasteiger partial charge is 0.462 e. The molecule has 4 nitrogen and oxygen atoms in total. The molecule has 1 rings (SSSR count). The Hall–Kier alpha value is -1.88. The van der Waals surface area contributed by atoms with Crippen molar-refractivity contribution in [3.8, 4) is 11.8 Å². The highest BCUT2D eigenvalue weighted by molar-refractivity contribution is 7.80. The van der Waals surface area contributed by atoms with Crippen molar-refractivity contribution >= 4 is 18.6 Å². The molecule has 0 radical (unpaired) electrons. The molecular formula is C11H8F3NO3S. The normalized spacial score (nSPS) is 10.7. The third-order valence-corrected chi connectivity index (χ3v) is 2.31. The Bertz CT molecular complexity index is 537. The molecule has 0 amide bonds. The van der Waals surface area contributed by atoms with Crippen molar-refractivity contribution in [2.75, 3.05) is 6.61 Å². The van der Waals surface area contributed by atoms with Crippen LogP contribution in [0.15, 0.2) is 17.0 Å². The maximum Gasteiger partial charge on any atom is 0.573 e. The Kier molecular flexibility index (Phi) is 4.67. The summed E-state index contributed by atoms with van der Waals surface area (Å²) >= 11 is 3.90. The molecule has 0 aromatic heterocycles. The molecule has 0 unspecified atom stereocenters. The lowest BCUT2D eigenvalue weighted by molar-refractivity contribution is -0.274. The fraction of sp³-hybridized carbons (Fsp3) is 0.273. The van der Waals surface area contributed by atoms with E-state index in [1.807, 2.05) is 0 Å². The maximum atomic E-state index is 12.2. The first-order valence-corrected chi connectivity index (χ1v) is 5.43. The molecule has 8 heteroatoms. The maximum absolute atomic E-state index is 12.2. The summed E-state index contributed by atoms with van der Waals surface area (Å²) in [6, 6.07) is 3.44. The molecule has 0 heterocycles. The summed E-state index contributed by atoms with van der Waals surface area (Å²) in [4.78, 5) is 11.6. The number of ether oxygens (including phenoxy) is 2. The molecule has 0 aliphatic rings. The van der Waals surface area contributed by atoms with Gasteiger partial charge in [0, 0.05) is 11.0 Å². The van der Waals surface area contributed by atoms with E-state index in [0.717, 1.165) is 12.1 Å². The first kappa shape index (κ1) is 15.2. The number of benzene rings is 1. The number of esters is 1. The van der Waals surface area contributed by atoms with Crippen LogP contribution in [-0.4, -0.2) is 18.9 Å². The molecule has 1 aromatic rings. The molecule has 0 aliphatic carbocycles. The molecule has 0 spiro atoms. The highest BCUT2D eigenvalue weighted by Gasteiger charge is 2.33. The van der Waals surface area contributed by atoms with Gasteiger partial charge in [0.15, 0.2) is 0 Å². The van der Waals surface area contributed by atoms with Gasteiger partial charge in [0.05, 0.1) is 12.2 Å². The van der Waals surface area contributed by atoms with Gasteiger partial charge in [-0.1, -0.05) is 0 Å². The molecule has 0 N–H and O–H groups in total. The third-order valence-electron chi connectivity index (χ3n) is 1.94. The van der Waals surface area contributed by atoms with Gasteiger partial charge in [-0.15, -0.1) is 25.8 Å². The topological polar surface area (TPSA) is 59.3 Å². The number of nitriles is 1. The van der Waals surface area contributed by atoms with Crippen molar-refractivity contribution in [3.63, 3.8) is 0 Å². The predicted molar refractivity (Wildman–Crippen MR) is 61.0 cm³/mol. The Labute approximate surface area is 112 Å². The fourth-order valence-electron chi connectivity index (χ4n) is 1.24. The Balaban J connectivity index is 3.31. The minimum Gasteiger partial charge on any atom is -0.462 e. The van der Waals surface area contributed by atoms with E-state index in [1.54, 1.807) is 6.07 Å². The van der Waals surface area contributed by atoms with Gasteiger partial charge in [0.25, 0.3) is 0 Å². The monoisotopic (exact) mass is 291 g/mol. The van der Waals surface area contributed by atoms with Crippen LogP contribution in [0.25, 0.3) is 0 Å². The van der Waals surface area contributed by atoms with Crippen LogP contribution >= 0.6 is 12.6 Å². The van der Waals surface area contributed by atoms with Crippen LogP contribution in [-0.2, 0) is 4.74 Å². The van der Waals surface area contributed by atoms with Gasteiger partial charge in [-0.3, -0.25) is 0 Å². The number of hydrogen-bond acceptors (Lipinski definition) is 5. The number of nitrogens with zero attached hydrogens (tertiary/aromatic N) is 1. The van der Waals surface area contributed by atoms with Crippen LogP contribution in [0.1, 0.15) is 22.8 Å². The summed E-state index contributed by atoms with van der Waals surface area (Å²) in [6.07, 6.45) is -4.98. The summed E-state index contributed by atoms with van der Waals surface area (Å²) in [6.45, 7) is 1.50. The van der Waals surface area contributed by atoms with Crippen LogP contribution in [0.4, 0.5) is 13.2 Å². The van der Waals surface area contributed by atoms with Crippen LogP contribution in [0, 0.1) is 11.3 Å². The third kappa shape index (κ3) is 4.06. The number of halogens is 3. The molecule has 0 aliphatic heterocycles. The highest BCUT2D eigenvalue weighted by atomic mass is 32.1. The first-order valence-electron chi connectivity index (χ1n) is 4.98. The summed E-state index contributed by atoms with van der Waals surface area (Å²) in [5.74, 6) is -1.78. The van der Waals surface area contributed by atoms with E-state index in [2.05, 4.69) is 22.1 Å². The molecule has 0 bridgehead atoms. The summed E-state index contributed by atoms with van der Waals surface area (Å²) in [5, 5.41) is 8.72. The first-order chi connectivity index (χ1) is 8.78. The molecule has 0 atom stereocenters. The van der Waals surface area contributed by atoms with E-state index in [9.17, 15) is 18.0 Å². The lowest BCUT2D eigenvalue weighted by atomic mass is 10.1. The molecular weight excluding hydrogens is 283 g/mol. The predicted octanol–water partition coefficient (Wildman–Crippen LogP) is 2.92. The Morgan fingerprint density at radius 3 is 2.58 bits per heavy atom. The van der Waals surface area contributed by atoms with Gasteiger partial charge in [0.1, 0.15) is 17.4 Å². The van der Waals surface area contributed by atoms with Gasteiger partial charge in [0.2, 0.25) is 0 Å². The van der Waals surface area contributed by atoms with E-state index < -0.39 is 23.6 Å². The molecule has 1 aromatic carbocycles. The molecule has 102 valence electrons. The average Bonchev–Trinajstić information content (AvgIpc) is 2.29. The van der Waals surface area contributed by atoms with E-state index in [4.69, 9.17) is 5.26 Å². The minimum absolute atomic E-state index is 0.00774. The second-order valence-corrected chi connectivity index (χ2v) is 3.73. The summed E-state index contributed by atoms with van der Waals surface area (Å²) < 4.78 is 45.0. The quantitative estimate of drug-likeness (QED) is 0.687. The number of hydrogen-bond donors (Lipinski definition) is 1. The average molecular weight is 291 g/mol. The largest absolute Gasteiger partial charge is 0.573 e. The zero-order chi connectivity index (χ0) is 14.6. The van der Waals surface area contributed by atoms with Crippen LogP contribution in [0.2, 0.25) is 0 Å². The molecule has 19 heavy (non-hydrogen) atoms. The van der Waals surface area contributed by atoms with Gasteiger partial charge in [-0.05, 0) is 13.0 Å². The van der Waals surface area contributed by atoms with Crippen LogP contribution in [0.5, 0.6) is 5.75 Å². The molecule has 0 saturated heterocycles. The fourth-order valence-corrected chi connectivity index (χ4v) is 1.48. The van der Waals surface area contributed by atoms with Gasteiger partial charge < -0.3 is 9.47 Å². The van der Waals surface area contributed by atoms with Crippen molar-refractivity contribution < 1.29 is 27.4 Å². The highest BCUT2D eigenvalue weighted by Crippen LogP contribution is 2.31. The van der Waals surface area contributed by atoms with Crippen molar-refractivity contribution in [1.29, 1.82) is 5.26 Å². The van der Waals surface area contributed by atoms with Crippen molar-refractivity contribution in [3.05, 3.63) is 23.3 Å². The van der Waals surface area contributed by atoms with E-state index in [1.165, 1.54) is 6.92 Å². The van der Waals surface area contributed by atoms with Crippen LogP contribution in [0.3, 0.4) is 0 Å². The molecule has 0 fully saturated rings. The lowest BCUT2D eigenvalue weighted by Gasteiger charge is -2.13. The van der Waals surface area contributed by atoms with Gasteiger partial charge >= 0.3 is 12.3 Å². The number of alkyl halides is 3. The second kappa shape index (κ2) is 5.84. The van der Waals surface area contributed by atoms with Crippen molar-refractivity contribution in [2.24, 2.45) is 0 Å². The van der Waals surface area contributed by atoms with Gasteiger partial charge in [-0.25, -0.2) is 4.79 Å². The van der Waals surface area contributed by atoms with Gasteiger partial charge in [-0.2, -0.15) is 5.26 Å². The number of carbonyl (C=O) groups is 1. The summed E-state index contributed by atoms with van der Waals surface area (Å²) in [7, 11) is 0. The Morgan fingerprint density at radius 1 is 1.47 bits per heavy atom. The van der Waals surface area contributed by atoms with E-state index in [0.29, 0.717) is 0 Å².